The lowest BCUT2D eigenvalue weighted by atomic mass is 10.1. The van der Waals surface area contributed by atoms with Crippen LogP contribution >= 0.6 is 23.1 Å². The lowest BCUT2D eigenvalue weighted by molar-refractivity contribution is -0.117. The highest BCUT2D eigenvalue weighted by Gasteiger charge is 2.26. The third-order valence-electron chi connectivity index (χ3n) is 5.43. The van der Waals surface area contributed by atoms with Crippen LogP contribution in [0.5, 0.6) is 0 Å². The van der Waals surface area contributed by atoms with Crippen molar-refractivity contribution in [3.05, 3.63) is 69.7 Å². The van der Waals surface area contributed by atoms with Crippen molar-refractivity contribution in [1.29, 1.82) is 0 Å². The molecule has 1 fully saturated rings. The Kier molecular flexibility index (Phi) is 5.33. The molecular formula is C23H19N3O3S2. The molecule has 2 aliphatic rings. The minimum Gasteiger partial charge on any atom is -0.347 e. The molecule has 1 aliphatic carbocycles. The summed E-state index contributed by atoms with van der Waals surface area (Å²) in [5, 5.41) is 6.81. The van der Waals surface area contributed by atoms with Crippen molar-refractivity contribution in [2.45, 2.75) is 41.5 Å². The summed E-state index contributed by atoms with van der Waals surface area (Å²) in [7, 11) is 0. The summed E-state index contributed by atoms with van der Waals surface area (Å²) in [6.07, 6.45) is 3.84. The number of Topliss-reactive ketones (excluding diaryl/α,β-unsaturated/α-hetero) is 1. The maximum Gasteiger partial charge on any atom is 0.256 e. The van der Waals surface area contributed by atoms with E-state index in [0.717, 1.165) is 26.1 Å². The highest BCUT2D eigenvalue weighted by molar-refractivity contribution is 7.99. The second-order valence-electron chi connectivity index (χ2n) is 7.59. The molecular weight excluding hydrogens is 430 g/mol. The quantitative estimate of drug-likeness (QED) is 0.606. The molecule has 0 bridgehead atoms. The molecule has 2 heterocycles. The minimum atomic E-state index is -0.213. The van der Waals surface area contributed by atoms with Crippen molar-refractivity contribution in [3.8, 4) is 0 Å². The number of ketones is 1. The Morgan fingerprint density at radius 2 is 2.03 bits per heavy atom. The monoisotopic (exact) mass is 449 g/mol. The van der Waals surface area contributed by atoms with E-state index in [0.29, 0.717) is 42.0 Å². The molecule has 6 nitrogen and oxygen atoms in total. The SMILES string of the molecule is O=C1CCC(c2ncc(CNC(=O)c3ccc4c(c3)NC(=O)c3ccccc3S4)s2)C1. The van der Waals surface area contributed by atoms with Gasteiger partial charge in [0.25, 0.3) is 11.8 Å². The number of carbonyl (C=O) groups is 3. The van der Waals surface area contributed by atoms with Crippen molar-refractivity contribution < 1.29 is 14.4 Å². The van der Waals surface area contributed by atoms with Gasteiger partial charge in [-0.05, 0) is 36.8 Å². The van der Waals surface area contributed by atoms with Crippen molar-refractivity contribution >= 4 is 46.4 Å². The highest BCUT2D eigenvalue weighted by atomic mass is 32.2. The Labute approximate surface area is 187 Å². The van der Waals surface area contributed by atoms with Crippen molar-refractivity contribution in [1.82, 2.24) is 10.3 Å². The average Bonchev–Trinajstić information content (AvgIpc) is 3.39. The van der Waals surface area contributed by atoms with Crippen LogP contribution < -0.4 is 10.6 Å². The van der Waals surface area contributed by atoms with E-state index < -0.39 is 0 Å². The molecule has 1 aliphatic heterocycles. The van der Waals surface area contributed by atoms with E-state index in [4.69, 9.17) is 0 Å². The van der Waals surface area contributed by atoms with Gasteiger partial charge in [0.2, 0.25) is 0 Å². The van der Waals surface area contributed by atoms with Crippen LogP contribution in [0.15, 0.2) is 58.5 Å². The first kappa shape index (κ1) is 20.0. The van der Waals surface area contributed by atoms with Gasteiger partial charge in [-0.2, -0.15) is 0 Å². The van der Waals surface area contributed by atoms with Gasteiger partial charge in [0.15, 0.2) is 0 Å². The lowest BCUT2D eigenvalue weighted by Gasteiger charge is -2.09. The summed E-state index contributed by atoms with van der Waals surface area (Å²) in [5.74, 6) is 0.125. The van der Waals surface area contributed by atoms with Gasteiger partial charge in [-0.25, -0.2) is 4.98 Å². The van der Waals surface area contributed by atoms with E-state index >= 15 is 0 Å². The number of carbonyl (C=O) groups excluding carboxylic acids is 3. The number of nitrogens with zero attached hydrogens (tertiary/aromatic N) is 1. The average molecular weight is 450 g/mol. The topological polar surface area (TPSA) is 88.2 Å². The molecule has 1 atom stereocenters. The van der Waals surface area contributed by atoms with Gasteiger partial charge in [0.05, 0.1) is 22.8 Å². The first-order valence-corrected chi connectivity index (χ1v) is 11.7. The molecule has 1 unspecified atom stereocenters. The van der Waals surface area contributed by atoms with E-state index in [1.165, 1.54) is 11.8 Å². The van der Waals surface area contributed by atoms with Gasteiger partial charge in [-0.15, -0.1) is 11.3 Å². The second kappa shape index (κ2) is 8.28. The van der Waals surface area contributed by atoms with Crippen LogP contribution in [-0.2, 0) is 11.3 Å². The van der Waals surface area contributed by atoms with Crippen LogP contribution in [-0.4, -0.2) is 22.6 Å². The van der Waals surface area contributed by atoms with Crippen molar-refractivity contribution in [2.24, 2.45) is 0 Å². The molecule has 3 aromatic rings. The van der Waals surface area contributed by atoms with Crippen molar-refractivity contribution in [3.63, 3.8) is 0 Å². The fraction of sp³-hybridized carbons (Fsp3) is 0.217. The Balaban J connectivity index is 1.27. The van der Waals surface area contributed by atoms with Crippen LogP contribution in [0.25, 0.3) is 0 Å². The van der Waals surface area contributed by atoms with Gasteiger partial charge in [-0.1, -0.05) is 23.9 Å². The summed E-state index contributed by atoms with van der Waals surface area (Å²) < 4.78 is 0. The van der Waals surface area contributed by atoms with E-state index in [2.05, 4.69) is 15.6 Å². The summed E-state index contributed by atoms with van der Waals surface area (Å²) in [6, 6.07) is 12.8. The first-order chi connectivity index (χ1) is 15.1. The number of benzene rings is 2. The maximum atomic E-state index is 12.7. The standard InChI is InChI=1S/C23H19N3O3S2/c27-15-7-5-14(9-15)23-25-12-16(30-23)11-24-21(28)13-6-8-20-18(10-13)26-22(29)17-3-1-2-4-19(17)31-20/h1-4,6,8,10,12,14H,5,7,9,11H2,(H,24,28)(H,26,29). The number of hydrogen-bond donors (Lipinski definition) is 2. The zero-order valence-corrected chi connectivity index (χ0v) is 18.1. The van der Waals surface area contributed by atoms with Gasteiger partial charge in [0.1, 0.15) is 5.78 Å². The normalized spacial score (nSPS) is 17.5. The minimum absolute atomic E-state index is 0.179. The third-order valence-corrected chi connectivity index (χ3v) is 7.74. The van der Waals surface area contributed by atoms with Gasteiger partial charge in [0, 0.05) is 45.2 Å². The fourth-order valence-corrected chi connectivity index (χ4v) is 5.80. The molecule has 1 saturated carbocycles. The summed E-state index contributed by atoms with van der Waals surface area (Å²) >= 11 is 3.06. The first-order valence-electron chi connectivity index (χ1n) is 10.0. The van der Waals surface area contributed by atoms with E-state index in [-0.39, 0.29) is 17.7 Å². The zero-order valence-electron chi connectivity index (χ0n) is 16.5. The Bertz CT molecular complexity index is 1200. The fourth-order valence-electron chi connectivity index (χ4n) is 3.80. The van der Waals surface area contributed by atoms with Crippen LogP contribution in [0.4, 0.5) is 5.69 Å². The molecule has 0 saturated heterocycles. The predicted octanol–water partition coefficient (Wildman–Crippen LogP) is 4.63. The molecule has 0 radical (unpaired) electrons. The molecule has 2 amide bonds. The molecule has 8 heteroatoms. The molecule has 2 N–H and O–H groups in total. The Hall–Kier alpha value is -2.97. The number of aromatic nitrogens is 1. The predicted molar refractivity (Wildman–Crippen MR) is 120 cm³/mol. The smallest absolute Gasteiger partial charge is 0.256 e. The van der Waals surface area contributed by atoms with E-state index in [1.807, 2.05) is 24.3 Å². The highest BCUT2D eigenvalue weighted by Crippen LogP contribution is 2.39. The molecule has 0 spiro atoms. The van der Waals surface area contributed by atoms with Crippen LogP contribution in [0.1, 0.15) is 55.8 Å². The van der Waals surface area contributed by atoms with Gasteiger partial charge in [-0.3, -0.25) is 14.4 Å². The number of amides is 2. The number of anilines is 1. The Morgan fingerprint density at radius 1 is 1.16 bits per heavy atom. The van der Waals surface area contributed by atoms with E-state index in [1.54, 1.807) is 35.7 Å². The molecule has 1 aromatic heterocycles. The molecule has 156 valence electrons. The number of thiazole rings is 1. The number of hydrogen-bond acceptors (Lipinski definition) is 6. The molecule has 5 rings (SSSR count). The van der Waals surface area contributed by atoms with Crippen LogP contribution in [0.2, 0.25) is 0 Å². The largest absolute Gasteiger partial charge is 0.347 e. The summed E-state index contributed by atoms with van der Waals surface area (Å²) in [6.45, 7) is 0.376. The molecule has 31 heavy (non-hydrogen) atoms. The number of rotatable bonds is 4. The van der Waals surface area contributed by atoms with Crippen LogP contribution in [0, 0.1) is 0 Å². The van der Waals surface area contributed by atoms with Gasteiger partial charge >= 0.3 is 0 Å². The summed E-state index contributed by atoms with van der Waals surface area (Å²) in [5.41, 5.74) is 1.74. The third kappa shape index (κ3) is 4.13. The maximum absolute atomic E-state index is 12.7. The second-order valence-corrected chi connectivity index (χ2v) is 9.82. The van der Waals surface area contributed by atoms with Crippen LogP contribution in [0.3, 0.4) is 0 Å². The van der Waals surface area contributed by atoms with Crippen molar-refractivity contribution in [2.75, 3.05) is 5.32 Å². The lowest BCUT2D eigenvalue weighted by Crippen LogP contribution is -2.22. The van der Waals surface area contributed by atoms with Gasteiger partial charge < -0.3 is 10.6 Å². The Morgan fingerprint density at radius 3 is 2.87 bits per heavy atom. The summed E-state index contributed by atoms with van der Waals surface area (Å²) in [4.78, 5) is 43.9. The van der Waals surface area contributed by atoms with E-state index in [9.17, 15) is 14.4 Å². The number of fused-ring (bicyclic) bond motifs is 2. The molecule has 2 aromatic carbocycles. The zero-order chi connectivity index (χ0) is 21.4. The number of nitrogens with one attached hydrogen (secondary N) is 2.